The van der Waals surface area contributed by atoms with Crippen LogP contribution in [0.1, 0.15) is 24.2 Å². The van der Waals surface area contributed by atoms with Crippen molar-refractivity contribution >= 4 is 17.5 Å². The summed E-state index contributed by atoms with van der Waals surface area (Å²) in [5.74, 6) is -1.40. The van der Waals surface area contributed by atoms with E-state index in [9.17, 15) is 18.4 Å². The fraction of sp³-hybridized carbons (Fsp3) is 0.364. The van der Waals surface area contributed by atoms with E-state index < -0.39 is 17.8 Å². The van der Waals surface area contributed by atoms with Crippen LogP contribution < -0.4 is 10.2 Å². The average molecular weight is 401 g/mol. The number of piperazine rings is 1. The van der Waals surface area contributed by atoms with E-state index in [-0.39, 0.29) is 17.6 Å². The minimum absolute atomic E-state index is 0.114. The maximum atomic E-state index is 14.0. The lowest BCUT2D eigenvalue weighted by Crippen LogP contribution is -2.56. The van der Waals surface area contributed by atoms with Crippen molar-refractivity contribution in [3.05, 3.63) is 65.7 Å². The lowest BCUT2D eigenvalue weighted by Gasteiger charge is -2.38. The zero-order chi connectivity index (χ0) is 21.0. The predicted octanol–water partition coefficient (Wildman–Crippen LogP) is 3.07. The topological polar surface area (TPSA) is 52.7 Å². The van der Waals surface area contributed by atoms with Gasteiger partial charge in [-0.25, -0.2) is 8.78 Å². The fourth-order valence-corrected chi connectivity index (χ4v) is 3.41. The number of amides is 2. The smallest absolute Gasteiger partial charge is 0.251 e. The normalized spacial score (nSPS) is 15.3. The van der Waals surface area contributed by atoms with Gasteiger partial charge >= 0.3 is 0 Å². The van der Waals surface area contributed by atoms with Crippen molar-refractivity contribution in [2.75, 3.05) is 31.1 Å². The molecule has 29 heavy (non-hydrogen) atoms. The molecule has 1 heterocycles. The summed E-state index contributed by atoms with van der Waals surface area (Å²) in [6.45, 7) is 5.66. The maximum Gasteiger partial charge on any atom is 0.251 e. The third-order valence-corrected chi connectivity index (χ3v) is 5.11. The highest BCUT2D eigenvalue weighted by atomic mass is 19.1. The van der Waals surface area contributed by atoms with Crippen LogP contribution in [0.4, 0.5) is 14.5 Å². The molecule has 1 fully saturated rings. The highest BCUT2D eigenvalue weighted by Crippen LogP contribution is 2.21. The van der Waals surface area contributed by atoms with Gasteiger partial charge in [-0.2, -0.15) is 0 Å². The Labute approximate surface area is 169 Å². The number of nitrogens with zero attached hydrogens (tertiary/aromatic N) is 2. The van der Waals surface area contributed by atoms with Gasteiger partial charge in [-0.15, -0.1) is 0 Å². The van der Waals surface area contributed by atoms with Crippen LogP contribution in [0.5, 0.6) is 0 Å². The van der Waals surface area contributed by atoms with Gasteiger partial charge in [0.25, 0.3) is 5.91 Å². The molecule has 0 spiro atoms. The Morgan fingerprint density at radius 2 is 1.55 bits per heavy atom. The SMILES string of the molecule is CC(C)[C@H](NC(=O)c1ccc(F)cc1)C(=O)N1CCN(c2ccccc2F)CC1. The van der Waals surface area contributed by atoms with Crippen molar-refractivity contribution < 1.29 is 18.4 Å². The molecule has 0 aliphatic carbocycles. The van der Waals surface area contributed by atoms with Crippen molar-refractivity contribution in [3.63, 3.8) is 0 Å². The van der Waals surface area contributed by atoms with Gasteiger partial charge in [0.1, 0.15) is 17.7 Å². The van der Waals surface area contributed by atoms with E-state index in [1.807, 2.05) is 18.7 Å². The monoisotopic (exact) mass is 401 g/mol. The van der Waals surface area contributed by atoms with E-state index in [4.69, 9.17) is 0 Å². The van der Waals surface area contributed by atoms with E-state index in [0.717, 1.165) is 0 Å². The predicted molar refractivity (Wildman–Crippen MR) is 108 cm³/mol. The summed E-state index contributed by atoms with van der Waals surface area (Å²) in [4.78, 5) is 29.1. The van der Waals surface area contributed by atoms with Crippen LogP contribution in [0.2, 0.25) is 0 Å². The Balaban J connectivity index is 1.63. The highest BCUT2D eigenvalue weighted by molar-refractivity contribution is 5.97. The highest BCUT2D eigenvalue weighted by Gasteiger charge is 2.31. The van der Waals surface area contributed by atoms with E-state index in [2.05, 4.69) is 5.32 Å². The first kappa shape index (κ1) is 20.8. The summed E-state index contributed by atoms with van der Waals surface area (Å²) in [5, 5.41) is 2.78. The molecule has 1 N–H and O–H groups in total. The molecule has 1 aliphatic heterocycles. The van der Waals surface area contributed by atoms with Crippen molar-refractivity contribution in [3.8, 4) is 0 Å². The second kappa shape index (κ2) is 9.03. The number of hydrogen-bond acceptors (Lipinski definition) is 3. The van der Waals surface area contributed by atoms with Crippen LogP contribution >= 0.6 is 0 Å². The van der Waals surface area contributed by atoms with Gasteiger partial charge in [0.05, 0.1) is 5.69 Å². The van der Waals surface area contributed by atoms with Crippen molar-refractivity contribution in [1.29, 1.82) is 0 Å². The summed E-state index contributed by atoms with van der Waals surface area (Å²) in [6.07, 6.45) is 0. The zero-order valence-electron chi connectivity index (χ0n) is 16.6. The quantitative estimate of drug-likeness (QED) is 0.838. The second-order valence-electron chi connectivity index (χ2n) is 7.47. The molecule has 2 amide bonds. The number of rotatable bonds is 5. The van der Waals surface area contributed by atoms with E-state index in [0.29, 0.717) is 37.4 Å². The molecule has 2 aromatic carbocycles. The third kappa shape index (κ3) is 4.91. The van der Waals surface area contributed by atoms with Crippen LogP contribution in [0.25, 0.3) is 0 Å². The Morgan fingerprint density at radius 1 is 0.931 bits per heavy atom. The zero-order valence-corrected chi connectivity index (χ0v) is 16.6. The molecule has 0 radical (unpaired) electrons. The first-order valence-corrected chi connectivity index (χ1v) is 9.71. The molecule has 0 bridgehead atoms. The molecule has 0 saturated carbocycles. The lowest BCUT2D eigenvalue weighted by atomic mass is 10.0. The number of benzene rings is 2. The minimum atomic E-state index is -0.687. The largest absolute Gasteiger partial charge is 0.366 e. The molecule has 2 aromatic rings. The van der Waals surface area contributed by atoms with Gasteiger partial charge in [-0.05, 0) is 42.3 Å². The Bertz CT molecular complexity index is 863. The fourth-order valence-electron chi connectivity index (χ4n) is 3.41. The van der Waals surface area contributed by atoms with Crippen LogP contribution in [-0.2, 0) is 4.79 Å². The van der Waals surface area contributed by atoms with Crippen molar-refractivity contribution in [2.45, 2.75) is 19.9 Å². The Morgan fingerprint density at radius 3 is 2.14 bits per heavy atom. The maximum absolute atomic E-state index is 14.0. The van der Waals surface area contributed by atoms with E-state index in [1.165, 1.54) is 30.3 Å². The third-order valence-electron chi connectivity index (χ3n) is 5.11. The summed E-state index contributed by atoms with van der Waals surface area (Å²) >= 11 is 0. The summed E-state index contributed by atoms with van der Waals surface area (Å²) in [6, 6.07) is 11.1. The number of para-hydroxylation sites is 1. The van der Waals surface area contributed by atoms with Gasteiger partial charge in [-0.1, -0.05) is 26.0 Å². The molecule has 7 heteroatoms. The molecule has 1 atom stereocenters. The van der Waals surface area contributed by atoms with Crippen LogP contribution in [0.15, 0.2) is 48.5 Å². The minimum Gasteiger partial charge on any atom is -0.366 e. The number of hydrogen-bond donors (Lipinski definition) is 1. The van der Waals surface area contributed by atoms with Gasteiger partial charge in [0.15, 0.2) is 0 Å². The van der Waals surface area contributed by atoms with Gasteiger partial charge in [0, 0.05) is 31.7 Å². The number of carbonyl (C=O) groups is 2. The van der Waals surface area contributed by atoms with Crippen molar-refractivity contribution in [1.82, 2.24) is 10.2 Å². The molecule has 154 valence electrons. The molecular weight excluding hydrogens is 376 g/mol. The standard InChI is InChI=1S/C22H25F2N3O2/c1-15(2)20(25-21(28)16-7-9-17(23)10-8-16)22(29)27-13-11-26(12-14-27)19-6-4-3-5-18(19)24/h3-10,15,20H,11-14H2,1-2H3,(H,25,28)/t20-/m0/s1. The van der Waals surface area contributed by atoms with Crippen molar-refractivity contribution in [2.24, 2.45) is 5.92 Å². The number of carbonyl (C=O) groups excluding carboxylic acids is 2. The number of halogens is 2. The molecule has 3 rings (SSSR count). The molecule has 1 aliphatic rings. The molecular formula is C22H25F2N3O2. The average Bonchev–Trinajstić information content (AvgIpc) is 2.72. The van der Waals surface area contributed by atoms with Crippen LogP contribution in [-0.4, -0.2) is 48.9 Å². The van der Waals surface area contributed by atoms with Crippen LogP contribution in [0, 0.1) is 17.6 Å². The summed E-state index contributed by atoms with van der Waals surface area (Å²) < 4.78 is 27.1. The Hall–Kier alpha value is -2.96. The lowest BCUT2D eigenvalue weighted by molar-refractivity contribution is -0.134. The molecule has 0 unspecified atom stereocenters. The summed E-state index contributed by atoms with van der Waals surface area (Å²) in [5.41, 5.74) is 0.832. The molecule has 5 nitrogen and oxygen atoms in total. The van der Waals surface area contributed by atoms with Gasteiger partial charge < -0.3 is 15.1 Å². The molecule has 1 saturated heterocycles. The van der Waals surface area contributed by atoms with E-state index in [1.54, 1.807) is 23.1 Å². The second-order valence-corrected chi connectivity index (χ2v) is 7.47. The van der Waals surface area contributed by atoms with Gasteiger partial charge in [0.2, 0.25) is 5.91 Å². The Kier molecular flexibility index (Phi) is 6.46. The first-order valence-electron chi connectivity index (χ1n) is 9.71. The van der Waals surface area contributed by atoms with E-state index >= 15 is 0 Å². The number of nitrogens with one attached hydrogen (secondary N) is 1. The summed E-state index contributed by atoms with van der Waals surface area (Å²) in [7, 11) is 0. The molecule has 0 aromatic heterocycles. The number of anilines is 1. The van der Waals surface area contributed by atoms with Crippen LogP contribution in [0.3, 0.4) is 0 Å². The van der Waals surface area contributed by atoms with Gasteiger partial charge in [-0.3, -0.25) is 9.59 Å². The first-order chi connectivity index (χ1) is 13.9.